The van der Waals surface area contributed by atoms with Gasteiger partial charge in [-0.25, -0.2) is 4.79 Å². The van der Waals surface area contributed by atoms with Crippen molar-refractivity contribution in [2.45, 2.75) is 12.8 Å². The predicted molar refractivity (Wildman–Crippen MR) is 126 cm³/mol. The molecule has 1 saturated heterocycles. The number of amides is 1. The molecule has 0 unspecified atom stereocenters. The smallest absolute Gasteiger partial charge is 0.349 e. The fourth-order valence-electron chi connectivity index (χ4n) is 4.50. The van der Waals surface area contributed by atoms with Gasteiger partial charge in [-0.3, -0.25) is 9.59 Å². The third-order valence-corrected chi connectivity index (χ3v) is 6.28. The van der Waals surface area contributed by atoms with E-state index in [-0.39, 0.29) is 23.8 Å². The van der Waals surface area contributed by atoms with Gasteiger partial charge in [0.1, 0.15) is 16.9 Å². The number of hydrogen-bond donors (Lipinski definition) is 0. The first-order chi connectivity index (χ1) is 16.0. The summed E-state index contributed by atoms with van der Waals surface area (Å²) in [7, 11) is 1.62. The fourth-order valence-corrected chi connectivity index (χ4v) is 4.50. The molecule has 0 aliphatic carbocycles. The van der Waals surface area contributed by atoms with Crippen LogP contribution >= 0.6 is 0 Å². The van der Waals surface area contributed by atoms with Crippen molar-refractivity contribution < 1.29 is 18.7 Å². The molecule has 33 heavy (non-hydrogen) atoms. The number of nitrogens with zero attached hydrogens (tertiary/aromatic N) is 1. The molecule has 0 radical (unpaired) electrons. The number of piperidine rings is 1. The van der Waals surface area contributed by atoms with E-state index in [0.717, 1.165) is 16.5 Å². The molecule has 2 heterocycles. The molecule has 1 atom stereocenters. The van der Waals surface area contributed by atoms with Gasteiger partial charge in [0.05, 0.1) is 7.11 Å². The molecular weight excluding hydrogens is 418 g/mol. The van der Waals surface area contributed by atoms with E-state index in [9.17, 15) is 14.4 Å². The molecule has 1 aliphatic heterocycles. The van der Waals surface area contributed by atoms with E-state index < -0.39 is 11.5 Å². The Bertz CT molecular complexity index is 1440. The van der Waals surface area contributed by atoms with Crippen LogP contribution in [0.1, 0.15) is 33.6 Å². The summed E-state index contributed by atoms with van der Waals surface area (Å²) in [4.78, 5) is 40.4. The number of ether oxygens (including phenoxy) is 1. The summed E-state index contributed by atoms with van der Waals surface area (Å²) in [6, 6.07) is 20.0. The number of benzene rings is 3. The third-order valence-electron chi connectivity index (χ3n) is 6.28. The van der Waals surface area contributed by atoms with Crippen LogP contribution in [-0.2, 0) is 0 Å². The Balaban J connectivity index is 1.38. The normalized spacial score (nSPS) is 16.2. The summed E-state index contributed by atoms with van der Waals surface area (Å²) < 4.78 is 10.6. The molecule has 5 rings (SSSR count). The summed E-state index contributed by atoms with van der Waals surface area (Å²) in [6.45, 7) is 0.789. The lowest BCUT2D eigenvalue weighted by Crippen LogP contribution is -2.43. The van der Waals surface area contributed by atoms with E-state index in [2.05, 4.69) is 0 Å². The second-order valence-electron chi connectivity index (χ2n) is 8.37. The zero-order valence-electron chi connectivity index (χ0n) is 18.2. The molecule has 1 amide bonds. The van der Waals surface area contributed by atoms with Crippen LogP contribution in [0.2, 0.25) is 0 Å². The lowest BCUT2D eigenvalue weighted by atomic mass is 9.89. The van der Waals surface area contributed by atoms with Crippen LogP contribution in [0.5, 0.6) is 5.75 Å². The van der Waals surface area contributed by atoms with Crippen molar-refractivity contribution in [3.8, 4) is 5.75 Å². The highest BCUT2D eigenvalue weighted by atomic mass is 16.5. The Labute approximate surface area is 190 Å². The van der Waals surface area contributed by atoms with E-state index in [0.29, 0.717) is 35.9 Å². The Morgan fingerprint density at radius 3 is 2.61 bits per heavy atom. The van der Waals surface area contributed by atoms with Crippen LogP contribution in [0.4, 0.5) is 0 Å². The number of para-hydroxylation sites is 1. The average Bonchev–Trinajstić information content (AvgIpc) is 2.86. The lowest BCUT2D eigenvalue weighted by Gasteiger charge is -2.32. The summed E-state index contributed by atoms with van der Waals surface area (Å²) in [5, 5.41) is 2.64. The van der Waals surface area contributed by atoms with E-state index in [1.807, 2.05) is 42.5 Å². The van der Waals surface area contributed by atoms with Crippen molar-refractivity contribution in [1.82, 2.24) is 4.90 Å². The summed E-state index contributed by atoms with van der Waals surface area (Å²) in [5.41, 5.74) is 0.412. The standard InChI is InChI=1S/C27H23NO5/c1-32-22-11-10-17-13-20(9-8-18(17)14-22)25(29)21-6-4-12-28(16-21)26(30)23-15-19-5-2-3-7-24(19)33-27(23)31/h2-3,5,7-11,13-15,21H,4,6,12,16H2,1H3/t21-/m1/s1. The molecular formula is C27H23NO5. The summed E-state index contributed by atoms with van der Waals surface area (Å²) >= 11 is 0. The van der Waals surface area contributed by atoms with Gasteiger partial charge in [0.25, 0.3) is 5.91 Å². The van der Waals surface area contributed by atoms with E-state index >= 15 is 0 Å². The van der Waals surface area contributed by atoms with Gasteiger partial charge >= 0.3 is 5.63 Å². The second kappa shape index (κ2) is 8.54. The number of fused-ring (bicyclic) bond motifs is 2. The molecule has 4 aromatic rings. The quantitative estimate of drug-likeness (QED) is 0.339. The van der Waals surface area contributed by atoms with Gasteiger partial charge in [-0.05, 0) is 53.9 Å². The second-order valence-corrected chi connectivity index (χ2v) is 8.37. The van der Waals surface area contributed by atoms with Crippen LogP contribution < -0.4 is 10.4 Å². The molecule has 0 saturated carbocycles. The fraction of sp³-hybridized carbons (Fsp3) is 0.222. The maximum absolute atomic E-state index is 13.3. The molecule has 1 aromatic heterocycles. The van der Waals surface area contributed by atoms with Gasteiger partial charge in [-0.1, -0.05) is 36.4 Å². The van der Waals surface area contributed by atoms with Gasteiger partial charge < -0.3 is 14.1 Å². The van der Waals surface area contributed by atoms with Gasteiger partial charge in [-0.2, -0.15) is 0 Å². The van der Waals surface area contributed by atoms with E-state index in [4.69, 9.17) is 9.15 Å². The van der Waals surface area contributed by atoms with Crippen LogP contribution in [0.25, 0.3) is 21.7 Å². The first-order valence-corrected chi connectivity index (χ1v) is 11.0. The molecule has 1 fully saturated rings. The Hall–Kier alpha value is -3.93. The van der Waals surface area contributed by atoms with Crippen molar-refractivity contribution in [2.75, 3.05) is 20.2 Å². The van der Waals surface area contributed by atoms with Crippen molar-refractivity contribution in [1.29, 1.82) is 0 Å². The molecule has 166 valence electrons. The average molecular weight is 441 g/mol. The molecule has 0 N–H and O–H groups in total. The minimum absolute atomic E-state index is 0.00134. The molecule has 3 aromatic carbocycles. The highest BCUT2D eigenvalue weighted by molar-refractivity contribution is 6.02. The minimum atomic E-state index is -0.655. The Morgan fingerprint density at radius 1 is 0.970 bits per heavy atom. The maximum atomic E-state index is 13.3. The highest BCUT2D eigenvalue weighted by Gasteiger charge is 2.31. The third kappa shape index (κ3) is 4.00. The minimum Gasteiger partial charge on any atom is -0.497 e. The number of carbonyl (C=O) groups is 2. The van der Waals surface area contributed by atoms with Gasteiger partial charge in [0, 0.05) is 30.0 Å². The van der Waals surface area contributed by atoms with Crippen LogP contribution in [0, 0.1) is 5.92 Å². The van der Waals surface area contributed by atoms with Crippen molar-refractivity contribution in [3.05, 3.63) is 88.3 Å². The first kappa shape index (κ1) is 20.9. The molecule has 6 heteroatoms. The number of hydrogen-bond acceptors (Lipinski definition) is 5. The lowest BCUT2D eigenvalue weighted by molar-refractivity contribution is 0.0634. The van der Waals surface area contributed by atoms with Crippen LogP contribution in [-0.4, -0.2) is 36.8 Å². The predicted octanol–water partition coefficient (Wildman–Crippen LogP) is 4.69. The topological polar surface area (TPSA) is 76.8 Å². The number of ketones is 1. The zero-order chi connectivity index (χ0) is 22.9. The first-order valence-electron chi connectivity index (χ1n) is 11.0. The van der Waals surface area contributed by atoms with Crippen LogP contribution in [0.3, 0.4) is 0 Å². The number of rotatable bonds is 4. The van der Waals surface area contributed by atoms with Crippen LogP contribution in [0.15, 0.2) is 75.9 Å². The monoisotopic (exact) mass is 441 g/mol. The van der Waals surface area contributed by atoms with E-state index in [1.165, 1.54) is 0 Å². The molecule has 1 aliphatic rings. The summed E-state index contributed by atoms with van der Waals surface area (Å²) in [6.07, 6.45) is 1.40. The van der Waals surface area contributed by atoms with Crippen molar-refractivity contribution >= 4 is 33.4 Å². The molecule has 0 bridgehead atoms. The van der Waals surface area contributed by atoms with Crippen molar-refractivity contribution in [2.24, 2.45) is 5.92 Å². The van der Waals surface area contributed by atoms with Crippen molar-refractivity contribution in [3.63, 3.8) is 0 Å². The highest BCUT2D eigenvalue weighted by Crippen LogP contribution is 2.26. The number of methoxy groups -OCH3 is 1. The van der Waals surface area contributed by atoms with E-state index in [1.54, 1.807) is 36.3 Å². The maximum Gasteiger partial charge on any atom is 0.349 e. The SMILES string of the molecule is COc1ccc2cc(C(=O)[C@@H]3CCCN(C(=O)c4cc5ccccc5oc4=O)C3)ccc2c1. The van der Waals surface area contributed by atoms with Gasteiger partial charge in [0.2, 0.25) is 0 Å². The van der Waals surface area contributed by atoms with Gasteiger partial charge in [0.15, 0.2) is 5.78 Å². The summed E-state index contributed by atoms with van der Waals surface area (Å²) in [5.74, 6) is 0.0699. The molecule has 0 spiro atoms. The Morgan fingerprint density at radius 2 is 1.76 bits per heavy atom. The largest absolute Gasteiger partial charge is 0.497 e. The number of carbonyl (C=O) groups excluding carboxylic acids is 2. The number of likely N-dealkylation sites (tertiary alicyclic amines) is 1. The number of Topliss-reactive ketones (excluding diaryl/α,β-unsaturated/α-hetero) is 1. The zero-order valence-corrected chi connectivity index (χ0v) is 18.2. The molecule has 6 nitrogen and oxygen atoms in total. The van der Waals surface area contributed by atoms with Gasteiger partial charge in [-0.15, -0.1) is 0 Å². The Kier molecular flexibility index (Phi) is 5.42.